The molecule has 0 aliphatic carbocycles. The highest BCUT2D eigenvalue weighted by Gasteiger charge is 2.10. The molecule has 0 aliphatic rings. The number of aromatic nitrogens is 3. The van der Waals surface area contributed by atoms with Crippen LogP contribution in [0.2, 0.25) is 0 Å². The van der Waals surface area contributed by atoms with Gasteiger partial charge in [-0.15, -0.1) is 0 Å². The molecular weight excluding hydrogens is 341 g/mol. The first-order chi connectivity index (χ1) is 12.5. The molecule has 0 saturated heterocycles. The van der Waals surface area contributed by atoms with Gasteiger partial charge in [0.1, 0.15) is 12.4 Å². The number of rotatable bonds is 5. The lowest BCUT2D eigenvalue weighted by Gasteiger charge is -2.08. The molecule has 0 unspecified atom stereocenters. The van der Waals surface area contributed by atoms with Crippen LogP contribution in [0.15, 0.2) is 53.8 Å². The number of pyridine rings is 1. The SMILES string of the molecule is O=C(Cn1cnc2ccc(F)cc2c1=O)NCC(=O)Nc1cccnc1. The van der Waals surface area contributed by atoms with Gasteiger partial charge < -0.3 is 10.6 Å². The number of carbonyl (C=O) groups is 2. The highest BCUT2D eigenvalue weighted by molar-refractivity contribution is 5.94. The largest absolute Gasteiger partial charge is 0.345 e. The molecule has 132 valence electrons. The van der Waals surface area contributed by atoms with Crippen molar-refractivity contribution in [3.8, 4) is 0 Å². The molecule has 0 saturated carbocycles. The van der Waals surface area contributed by atoms with Gasteiger partial charge in [-0.05, 0) is 30.3 Å². The van der Waals surface area contributed by atoms with Gasteiger partial charge in [0.15, 0.2) is 0 Å². The highest BCUT2D eigenvalue weighted by atomic mass is 19.1. The third-order valence-electron chi connectivity index (χ3n) is 3.49. The molecule has 26 heavy (non-hydrogen) atoms. The number of nitrogens with zero attached hydrogens (tertiary/aromatic N) is 3. The number of carbonyl (C=O) groups excluding carboxylic acids is 2. The van der Waals surface area contributed by atoms with Gasteiger partial charge in [-0.25, -0.2) is 9.37 Å². The average Bonchev–Trinajstić information content (AvgIpc) is 2.64. The minimum atomic E-state index is -0.564. The van der Waals surface area contributed by atoms with Gasteiger partial charge >= 0.3 is 0 Å². The van der Waals surface area contributed by atoms with Crippen LogP contribution in [0.5, 0.6) is 0 Å². The Morgan fingerprint density at radius 3 is 2.81 bits per heavy atom. The van der Waals surface area contributed by atoms with Crippen molar-refractivity contribution < 1.29 is 14.0 Å². The Balaban J connectivity index is 1.61. The van der Waals surface area contributed by atoms with E-state index in [1.807, 2.05) is 0 Å². The van der Waals surface area contributed by atoms with Crippen LogP contribution in [-0.2, 0) is 16.1 Å². The summed E-state index contributed by atoms with van der Waals surface area (Å²) < 4.78 is 14.3. The zero-order valence-corrected chi connectivity index (χ0v) is 13.5. The predicted molar refractivity (Wildman–Crippen MR) is 91.8 cm³/mol. The van der Waals surface area contributed by atoms with E-state index in [0.29, 0.717) is 11.2 Å². The van der Waals surface area contributed by atoms with Crippen molar-refractivity contribution >= 4 is 28.4 Å². The predicted octanol–water partition coefficient (Wildman–Crippen LogP) is 0.685. The second kappa shape index (κ2) is 7.51. The molecule has 0 bridgehead atoms. The van der Waals surface area contributed by atoms with Crippen molar-refractivity contribution in [3.05, 3.63) is 65.2 Å². The molecule has 0 spiro atoms. The number of hydrogen-bond acceptors (Lipinski definition) is 5. The molecule has 0 radical (unpaired) electrons. The van der Waals surface area contributed by atoms with Crippen molar-refractivity contribution in [3.63, 3.8) is 0 Å². The Morgan fingerprint density at radius 2 is 2.04 bits per heavy atom. The second-order valence-electron chi connectivity index (χ2n) is 5.41. The summed E-state index contributed by atoms with van der Waals surface area (Å²) in [4.78, 5) is 43.9. The van der Waals surface area contributed by atoms with Gasteiger partial charge in [-0.3, -0.25) is 23.9 Å². The van der Waals surface area contributed by atoms with Crippen LogP contribution in [0.1, 0.15) is 0 Å². The van der Waals surface area contributed by atoms with E-state index in [1.54, 1.807) is 18.3 Å². The standard InChI is InChI=1S/C17H14FN5O3/c18-11-3-4-14-13(6-11)17(26)23(10-21-14)9-16(25)20-8-15(24)22-12-2-1-5-19-7-12/h1-7,10H,8-9H2,(H,20,25)(H,22,24). The number of benzene rings is 1. The lowest BCUT2D eigenvalue weighted by Crippen LogP contribution is -2.37. The number of fused-ring (bicyclic) bond motifs is 1. The van der Waals surface area contributed by atoms with E-state index in [2.05, 4.69) is 20.6 Å². The van der Waals surface area contributed by atoms with Crippen molar-refractivity contribution in [2.24, 2.45) is 0 Å². The van der Waals surface area contributed by atoms with Crippen LogP contribution in [0.25, 0.3) is 10.9 Å². The van der Waals surface area contributed by atoms with Crippen LogP contribution in [0.4, 0.5) is 10.1 Å². The third kappa shape index (κ3) is 4.07. The first-order valence-electron chi connectivity index (χ1n) is 7.64. The van der Waals surface area contributed by atoms with Gasteiger partial charge in [0.2, 0.25) is 11.8 Å². The van der Waals surface area contributed by atoms with E-state index in [4.69, 9.17) is 0 Å². The van der Waals surface area contributed by atoms with Crippen LogP contribution in [0.3, 0.4) is 0 Å². The van der Waals surface area contributed by atoms with Gasteiger partial charge in [0.25, 0.3) is 5.56 Å². The van der Waals surface area contributed by atoms with Crippen LogP contribution < -0.4 is 16.2 Å². The Hall–Kier alpha value is -3.62. The maximum absolute atomic E-state index is 13.3. The Kier molecular flexibility index (Phi) is 4.97. The van der Waals surface area contributed by atoms with Crippen molar-refractivity contribution in [2.75, 3.05) is 11.9 Å². The smallest absolute Gasteiger partial charge is 0.261 e. The van der Waals surface area contributed by atoms with Gasteiger partial charge in [-0.1, -0.05) is 0 Å². The van der Waals surface area contributed by atoms with Crippen molar-refractivity contribution in [1.29, 1.82) is 0 Å². The summed E-state index contributed by atoms with van der Waals surface area (Å²) in [5, 5.41) is 5.05. The van der Waals surface area contributed by atoms with Gasteiger partial charge in [-0.2, -0.15) is 0 Å². The number of hydrogen-bond donors (Lipinski definition) is 2. The molecule has 0 fully saturated rings. The molecule has 9 heteroatoms. The molecule has 1 aromatic carbocycles. The van der Waals surface area contributed by atoms with Gasteiger partial charge in [0.05, 0.1) is 35.7 Å². The number of anilines is 1. The topological polar surface area (TPSA) is 106 Å². The summed E-state index contributed by atoms with van der Waals surface area (Å²) in [6.07, 6.45) is 4.25. The fourth-order valence-corrected chi connectivity index (χ4v) is 2.28. The summed E-state index contributed by atoms with van der Waals surface area (Å²) in [6, 6.07) is 6.98. The lowest BCUT2D eigenvalue weighted by atomic mass is 10.2. The average molecular weight is 355 g/mol. The normalized spacial score (nSPS) is 10.5. The first-order valence-corrected chi connectivity index (χ1v) is 7.64. The molecule has 2 N–H and O–H groups in total. The van der Waals surface area contributed by atoms with E-state index in [1.165, 1.54) is 24.7 Å². The number of halogens is 1. The molecular formula is C17H14FN5O3. The Morgan fingerprint density at radius 1 is 1.19 bits per heavy atom. The fraction of sp³-hybridized carbons (Fsp3) is 0.118. The third-order valence-corrected chi connectivity index (χ3v) is 3.49. The second-order valence-corrected chi connectivity index (χ2v) is 5.41. The molecule has 0 aliphatic heterocycles. The summed E-state index contributed by atoms with van der Waals surface area (Å²) in [6.45, 7) is -0.601. The summed E-state index contributed by atoms with van der Waals surface area (Å²) >= 11 is 0. The minimum Gasteiger partial charge on any atom is -0.345 e. The zero-order valence-electron chi connectivity index (χ0n) is 13.5. The number of amides is 2. The van der Waals surface area contributed by atoms with Crippen LogP contribution >= 0.6 is 0 Å². The van der Waals surface area contributed by atoms with E-state index in [0.717, 1.165) is 10.6 Å². The zero-order chi connectivity index (χ0) is 18.5. The highest BCUT2D eigenvalue weighted by Crippen LogP contribution is 2.08. The molecule has 8 nitrogen and oxygen atoms in total. The number of nitrogens with one attached hydrogen (secondary N) is 2. The maximum Gasteiger partial charge on any atom is 0.261 e. The van der Waals surface area contributed by atoms with Gasteiger partial charge in [0, 0.05) is 6.20 Å². The molecule has 3 rings (SSSR count). The molecule has 2 aromatic heterocycles. The molecule has 3 aromatic rings. The van der Waals surface area contributed by atoms with E-state index in [9.17, 15) is 18.8 Å². The fourth-order valence-electron chi connectivity index (χ4n) is 2.28. The van der Waals surface area contributed by atoms with Crippen LogP contribution in [-0.4, -0.2) is 32.9 Å². The van der Waals surface area contributed by atoms with Crippen LogP contribution in [0, 0.1) is 5.82 Å². The Labute approximate surface area is 146 Å². The van der Waals surface area contributed by atoms with Crippen molar-refractivity contribution in [2.45, 2.75) is 6.54 Å². The quantitative estimate of drug-likeness (QED) is 0.700. The molecule has 2 heterocycles. The summed E-state index contributed by atoms with van der Waals surface area (Å²) in [5.74, 6) is -1.55. The Bertz CT molecular complexity index is 1020. The lowest BCUT2D eigenvalue weighted by molar-refractivity contribution is -0.124. The maximum atomic E-state index is 13.3. The monoisotopic (exact) mass is 355 g/mol. The van der Waals surface area contributed by atoms with E-state index >= 15 is 0 Å². The summed E-state index contributed by atoms with van der Waals surface area (Å²) in [5.41, 5.74) is 0.303. The molecule has 0 atom stereocenters. The van der Waals surface area contributed by atoms with Crippen molar-refractivity contribution in [1.82, 2.24) is 19.9 Å². The molecule has 2 amide bonds. The summed E-state index contributed by atoms with van der Waals surface area (Å²) in [7, 11) is 0. The van der Waals surface area contributed by atoms with E-state index in [-0.39, 0.29) is 18.5 Å². The van der Waals surface area contributed by atoms with E-state index < -0.39 is 23.2 Å². The minimum absolute atomic E-state index is 0.0784. The first kappa shape index (κ1) is 17.2.